The average Bonchev–Trinajstić information content (AvgIpc) is 2.82. The molecule has 0 saturated carbocycles. The number of hydrogen-bond acceptors (Lipinski definition) is 4. The quantitative estimate of drug-likeness (QED) is 0.591. The van der Waals surface area contributed by atoms with Crippen molar-refractivity contribution in [3.8, 4) is 11.5 Å². The van der Waals surface area contributed by atoms with Crippen LogP contribution >= 0.6 is 0 Å². The van der Waals surface area contributed by atoms with E-state index in [-0.39, 0.29) is 11.8 Å². The van der Waals surface area contributed by atoms with E-state index in [0.29, 0.717) is 35.3 Å². The summed E-state index contributed by atoms with van der Waals surface area (Å²) in [7, 11) is 1.59. The Hall–Kier alpha value is -3.28. The van der Waals surface area contributed by atoms with Crippen molar-refractivity contribution in [3.05, 3.63) is 59.7 Å². The van der Waals surface area contributed by atoms with E-state index in [1.54, 1.807) is 25.3 Å². The van der Waals surface area contributed by atoms with Crippen molar-refractivity contribution < 1.29 is 19.1 Å². The number of methoxy groups -OCH3 is 1. The van der Waals surface area contributed by atoms with Gasteiger partial charge in [-0.3, -0.25) is 9.59 Å². The SMILES string of the molecule is COc1cc(/C=C/C(=O)Nc2ccccc2C(=O)N2CCCCC2)ccc1OCC(C)C. The summed E-state index contributed by atoms with van der Waals surface area (Å²) in [5.41, 5.74) is 1.85. The zero-order valence-corrected chi connectivity index (χ0v) is 19.1. The summed E-state index contributed by atoms with van der Waals surface area (Å²) in [6, 6.07) is 12.7. The van der Waals surface area contributed by atoms with Gasteiger partial charge in [0, 0.05) is 19.2 Å². The van der Waals surface area contributed by atoms with Crippen LogP contribution in [0.4, 0.5) is 5.69 Å². The Labute approximate surface area is 190 Å². The number of para-hydroxylation sites is 1. The maximum absolute atomic E-state index is 12.9. The van der Waals surface area contributed by atoms with E-state index in [9.17, 15) is 9.59 Å². The van der Waals surface area contributed by atoms with Crippen LogP contribution in [0.25, 0.3) is 6.08 Å². The van der Waals surface area contributed by atoms with Crippen molar-refractivity contribution in [3.63, 3.8) is 0 Å². The van der Waals surface area contributed by atoms with Gasteiger partial charge in [0.05, 0.1) is 25.0 Å². The summed E-state index contributed by atoms with van der Waals surface area (Å²) in [5.74, 6) is 1.36. The minimum Gasteiger partial charge on any atom is -0.493 e. The number of hydrogen-bond donors (Lipinski definition) is 1. The molecule has 0 radical (unpaired) electrons. The Bertz CT molecular complexity index is 962. The molecule has 6 heteroatoms. The summed E-state index contributed by atoms with van der Waals surface area (Å²) >= 11 is 0. The number of nitrogens with zero attached hydrogens (tertiary/aromatic N) is 1. The Morgan fingerprint density at radius 3 is 2.53 bits per heavy atom. The number of benzene rings is 2. The second-order valence-electron chi connectivity index (χ2n) is 8.34. The fourth-order valence-corrected chi connectivity index (χ4v) is 3.56. The minimum absolute atomic E-state index is 0.0358. The first-order chi connectivity index (χ1) is 15.5. The lowest BCUT2D eigenvalue weighted by Crippen LogP contribution is -2.36. The molecule has 0 aromatic heterocycles. The van der Waals surface area contributed by atoms with Crippen molar-refractivity contribution in [2.24, 2.45) is 5.92 Å². The smallest absolute Gasteiger partial charge is 0.255 e. The molecule has 2 amide bonds. The van der Waals surface area contributed by atoms with Gasteiger partial charge in [-0.2, -0.15) is 0 Å². The molecule has 6 nitrogen and oxygen atoms in total. The van der Waals surface area contributed by atoms with E-state index in [2.05, 4.69) is 19.2 Å². The molecule has 0 aliphatic carbocycles. The van der Waals surface area contributed by atoms with E-state index in [4.69, 9.17) is 9.47 Å². The summed E-state index contributed by atoms with van der Waals surface area (Å²) < 4.78 is 11.2. The second kappa shape index (κ2) is 11.4. The first-order valence-corrected chi connectivity index (χ1v) is 11.2. The summed E-state index contributed by atoms with van der Waals surface area (Å²) in [6.45, 7) is 6.30. The Morgan fingerprint density at radius 2 is 1.81 bits per heavy atom. The van der Waals surface area contributed by atoms with Gasteiger partial charge < -0.3 is 19.7 Å². The van der Waals surface area contributed by atoms with Gasteiger partial charge in [-0.25, -0.2) is 0 Å². The third-order valence-corrected chi connectivity index (χ3v) is 5.25. The molecule has 0 spiro atoms. The highest BCUT2D eigenvalue weighted by molar-refractivity contribution is 6.07. The molecule has 1 heterocycles. The van der Waals surface area contributed by atoms with Crippen LogP contribution in [-0.2, 0) is 4.79 Å². The van der Waals surface area contributed by atoms with Gasteiger partial charge in [0.25, 0.3) is 5.91 Å². The summed E-state index contributed by atoms with van der Waals surface area (Å²) in [6.07, 6.45) is 6.36. The van der Waals surface area contributed by atoms with Gasteiger partial charge in [-0.15, -0.1) is 0 Å². The van der Waals surface area contributed by atoms with E-state index in [0.717, 1.165) is 37.9 Å². The molecule has 0 unspecified atom stereocenters. The molecule has 0 atom stereocenters. The van der Waals surface area contributed by atoms with E-state index in [1.165, 1.54) is 6.08 Å². The third-order valence-electron chi connectivity index (χ3n) is 5.25. The van der Waals surface area contributed by atoms with Crippen molar-refractivity contribution >= 4 is 23.6 Å². The van der Waals surface area contributed by atoms with Gasteiger partial charge in [0.15, 0.2) is 11.5 Å². The minimum atomic E-state index is -0.303. The Morgan fingerprint density at radius 1 is 1.06 bits per heavy atom. The molecular formula is C26H32N2O4. The van der Waals surface area contributed by atoms with Crippen LogP contribution in [-0.4, -0.2) is 43.5 Å². The first-order valence-electron chi connectivity index (χ1n) is 11.2. The van der Waals surface area contributed by atoms with Gasteiger partial charge in [-0.1, -0.05) is 32.0 Å². The van der Waals surface area contributed by atoms with Crippen molar-refractivity contribution in [2.45, 2.75) is 33.1 Å². The number of nitrogens with one attached hydrogen (secondary N) is 1. The van der Waals surface area contributed by atoms with Crippen LogP contribution in [0.3, 0.4) is 0 Å². The Balaban J connectivity index is 1.67. The number of carbonyl (C=O) groups excluding carboxylic acids is 2. The summed E-state index contributed by atoms with van der Waals surface area (Å²) in [5, 5.41) is 2.84. The molecule has 3 rings (SSSR count). The predicted octanol–water partition coefficient (Wildman–Crippen LogP) is 5.01. The predicted molar refractivity (Wildman–Crippen MR) is 127 cm³/mol. The number of amides is 2. The van der Waals surface area contributed by atoms with E-state index in [1.807, 2.05) is 35.2 Å². The van der Waals surface area contributed by atoms with Crippen LogP contribution < -0.4 is 14.8 Å². The van der Waals surface area contributed by atoms with Gasteiger partial charge in [0.1, 0.15) is 0 Å². The van der Waals surface area contributed by atoms with E-state index < -0.39 is 0 Å². The monoisotopic (exact) mass is 436 g/mol. The maximum Gasteiger partial charge on any atom is 0.255 e. The lowest BCUT2D eigenvalue weighted by atomic mass is 10.1. The van der Waals surface area contributed by atoms with Crippen LogP contribution in [0.2, 0.25) is 0 Å². The zero-order valence-electron chi connectivity index (χ0n) is 19.1. The number of likely N-dealkylation sites (tertiary alicyclic amines) is 1. The molecule has 2 aromatic rings. The molecule has 1 saturated heterocycles. The summed E-state index contributed by atoms with van der Waals surface area (Å²) in [4.78, 5) is 27.3. The number of ether oxygens (including phenoxy) is 2. The van der Waals surface area contributed by atoms with Crippen LogP contribution in [0.5, 0.6) is 11.5 Å². The van der Waals surface area contributed by atoms with Crippen LogP contribution in [0.15, 0.2) is 48.5 Å². The topological polar surface area (TPSA) is 67.9 Å². The lowest BCUT2D eigenvalue weighted by Gasteiger charge is -2.27. The molecule has 1 fully saturated rings. The number of anilines is 1. The highest BCUT2D eigenvalue weighted by Crippen LogP contribution is 2.29. The normalized spacial score (nSPS) is 13.9. The zero-order chi connectivity index (χ0) is 22.9. The average molecular weight is 437 g/mol. The van der Waals surface area contributed by atoms with Gasteiger partial charge in [-0.05, 0) is 61.1 Å². The maximum atomic E-state index is 12.9. The molecule has 1 aliphatic heterocycles. The van der Waals surface area contributed by atoms with Crippen LogP contribution in [0.1, 0.15) is 49.0 Å². The highest BCUT2D eigenvalue weighted by Gasteiger charge is 2.20. The third kappa shape index (κ3) is 6.36. The molecule has 32 heavy (non-hydrogen) atoms. The fraction of sp³-hybridized carbons (Fsp3) is 0.385. The number of carbonyl (C=O) groups is 2. The van der Waals surface area contributed by atoms with Crippen molar-refractivity contribution in [1.29, 1.82) is 0 Å². The largest absolute Gasteiger partial charge is 0.493 e. The molecule has 170 valence electrons. The Kier molecular flexibility index (Phi) is 8.31. The standard InChI is InChI=1S/C26H32N2O4/c1-19(2)18-32-23-13-11-20(17-24(23)31-3)12-14-25(29)27-22-10-6-5-9-21(22)26(30)28-15-7-4-8-16-28/h5-6,9-14,17,19H,4,7-8,15-16,18H2,1-3H3,(H,27,29)/b14-12+. The van der Waals surface area contributed by atoms with Crippen molar-refractivity contribution in [1.82, 2.24) is 4.90 Å². The number of piperidine rings is 1. The molecule has 1 N–H and O–H groups in total. The second-order valence-corrected chi connectivity index (χ2v) is 8.34. The highest BCUT2D eigenvalue weighted by atomic mass is 16.5. The van der Waals surface area contributed by atoms with Crippen molar-refractivity contribution in [2.75, 3.05) is 32.1 Å². The molecule has 0 bridgehead atoms. The fourth-order valence-electron chi connectivity index (χ4n) is 3.56. The first kappa shape index (κ1) is 23.4. The van der Waals surface area contributed by atoms with Gasteiger partial charge in [0.2, 0.25) is 5.91 Å². The number of rotatable bonds is 8. The lowest BCUT2D eigenvalue weighted by molar-refractivity contribution is -0.111. The van der Waals surface area contributed by atoms with Gasteiger partial charge >= 0.3 is 0 Å². The van der Waals surface area contributed by atoms with Crippen LogP contribution in [0, 0.1) is 5.92 Å². The van der Waals surface area contributed by atoms with E-state index >= 15 is 0 Å². The molecule has 2 aromatic carbocycles. The molecular weight excluding hydrogens is 404 g/mol. The molecule has 1 aliphatic rings.